The number of aryl methyl sites for hydroxylation is 1. The molecule has 0 amide bonds. The molecule has 20 heavy (non-hydrogen) atoms. The molecule has 0 saturated heterocycles. The number of nitrogens with one attached hydrogen (secondary N) is 1. The van der Waals surface area contributed by atoms with Crippen LogP contribution in [-0.2, 0) is 6.42 Å². The molecular formula is C17H15BrN2. The van der Waals surface area contributed by atoms with Gasteiger partial charge in [0, 0.05) is 10.4 Å². The van der Waals surface area contributed by atoms with Crippen LogP contribution < -0.4 is 0 Å². The van der Waals surface area contributed by atoms with Crippen molar-refractivity contribution in [3.05, 3.63) is 63.9 Å². The van der Waals surface area contributed by atoms with Crippen molar-refractivity contribution < 1.29 is 0 Å². The molecule has 100 valence electrons. The predicted octanol–water partition coefficient (Wildman–Crippen LogP) is 4.79. The maximum atomic E-state index is 4.80. The Hall–Kier alpha value is -1.61. The fourth-order valence-corrected chi connectivity index (χ4v) is 3.57. The molecule has 3 heteroatoms. The summed E-state index contributed by atoms with van der Waals surface area (Å²) in [6, 6.07) is 15.0. The second-order valence-corrected chi connectivity index (χ2v) is 6.34. The Morgan fingerprint density at radius 3 is 3.00 bits per heavy atom. The number of rotatable bonds is 1. The van der Waals surface area contributed by atoms with Gasteiger partial charge in [-0.1, -0.05) is 40.2 Å². The maximum absolute atomic E-state index is 4.80. The molecule has 1 heterocycles. The molecular weight excluding hydrogens is 312 g/mol. The summed E-state index contributed by atoms with van der Waals surface area (Å²) in [5.74, 6) is 1.51. The summed E-state index contributed by atoms with van der Waals surface area (Å²) >= 11 is 3.52. The van der Waals surface area contributed by atoms with E-state index < -0.39 is 0 Å². The molecule has 0 fully saturated rings. The lowest BCUT2D eigenvalue weighted by atomic mass is 9.82. The minimum absolute atomic E-state index is 0.408. The monoisotopic (exact) mass is 326 g/mol. The third-order valence-electron chi connectivity index (χ3n) is 4.16. The SMILES string of the molecule is Brc1ccc2nc(C3CCCc4ccccc43)[nH]c2c1. The Bertz CT molecular complexity index is 776. The van der Waals surface area contributed by atoms with Crippen molar-refractivity contribution in [3.63, 3.8) is 0 Å². The number of hydrogen-bond donors (Lipinski definition) is 1. The van der Waals surface area contributed by atoms with E-state index in [9.17, 15) is 0 Å². The molecule has 0 spiro atoms. The maximum Gasteiger partial charge on any atom is 0.114 e. The van der Waals surface area contributed by atoms with Crippen molar-refractivity contribution >= 4 is 27.0 Å². The zero-order valence-corrected chi connectivity index (χ0v) is 12.7. The Labute approximate surface area is 126 Å². The average Bonchev–Trinajstić information content (AvgIpc) is 2.89. The Morgan fingerprint density at radius 1 is 1.15 bits per heavy atom. The number of H-pyrrole nitrogens is 1. The molecule has 1 aromatic heterocycles. The molecule has 2 nitrogen and oxygen atoms in total. The first-order valence-electron chi connectivity index (χ1n) is 7.04. The molecule has 0 aliphatic heterocycles. The minimum atomic E-state index is 0.408. The van der Waals surface area contributed by atoms with Crippen molar-refractivity contribution in [2.24, 2.45) is 0 Å². The lowest BCUT2D eigenvalue weighted by Gasteiger charge is -2.23. The van der Waals surface area contributed by atoms with E-state index in [4.69, 9.17) is 4.98 Å². The van der Waals surface area contributed by atoms with E-state index >= 15 is 0 Å². The molecule has 0 bridgehead atoms. The van der Waals surface area contributed by atoms with Gasteiger partial charge in [-0.3, -0.25) is 0 Å². The van der Waals surface area contributed by atoms with E-state index in [1.807, 2.05) is 6.07 Å². The van der Waals surface area contributed by atoms with Crippen molar-refractivity contribution in [3.8, 4) is 0 Å². The van der Waals surface area contributed by atoms with Crippen molar-refractivity contribution in [1.29, 1.82) is 0 Å². The van der Waals surface area contributed by atoms with Crippen LogP contribution in [0.5, 0.6) is 0 Å². The highest BCUT2D eigenvalue weighted by atomic mass is 79.9. The highest BCUT2D eigenvalue weighted by Gasteiger charge is 2.23. The quantitative estimate of drug-likeness (QED) is 0.684. The van der Waals surface area contributed by atoms with Crippen LogP contribution >= 0.6 is 15.9 Å². The summed E-state index contributed by atoms with van der Waals surface area (Å²) in [7, 11) is 0. The predicted molar refractivity (Wildman–Crippen MR) is 85.0 cm³/mol. The smallest absolute Gasteiger partial charge is 0.114 e. The van der Waals surface area contributed by atoms with E-state index in [2.05, 4.69) is 57.3 Å². The van der Waals surface area contributed by atoms with Gasteiger partial charge in [0.25, 0.3) is 0 Å². The largest absolute Gasteiger partial charge is 0.341 e. The molecule has 1 unspecified atom stereocenters. The standard InChI is InChI=1S/C17H15BrN2/c18-12-8-9-15-16(10-12)20-17(19-15)14-7-3-5-11-4-1-2-6-13(11)14/h1-2,4,6,8-10,14H,3,5,7H2,(H,19,20). The molecule has 1 aliphatic rings. The summed E-state index contributed by atoms with van der Waals surface area (Å²) in [4.78, 5) is 8.31. The van der Waals surface area contributed by atoms with E-state index in [-0.39, 0.29) is 0 Å². The first kappa shape index (κ1) is 12.2. The molecule has 1 N–H and O–H groups in total. The van der Waals surface area contributed by atoms with Crippen LogP contribution in [0.2, 0.25) is 0 Å². The van der Waals surface area contributed by atoms with Crippen molar-refractivity contribution in [2.45, 2.75) is 25.2 Å². The van der Waals surface area contributed by atoms with E-state index in [0.29, 0.717) is 5.92 Å². The first-order chi connectivity index (χ1) is 9.81. The number of benzene rings is 2. The van der Waals surface area contributed by atoms with E-state index in [1.165, 1.54) is 30.4 Å². The summed E-state index contributed by atoms with van der Waals surface area (Å²) < 4.78 is 1.09. The number of fused-ring (bicyclic) bond motifs is 2. The Kier molecular flexibility index (Phi) is 2.88. The van der Waals surface area contributed by atoms with Crippen LogP contribution in [0.25, 0.3) is 11.0 Å². The van der Waals surface area contributed by atoms with Gasteiger partial charge in [0.1, 0.15) is 5.82 Å². The van der Waals surface area contributed by atoms with Gasteiger partial charge in [-0.15, -0.1) is 0 Å². The average molecular weight is 327 g/mol. The molecule has 4 rings (SSSR count). The zero-order chi connectivity index (χ0) is 13.5. The number of imidazole rings is 1. The number of halogens is 1. The van der Waals surface area contributed by atoms with Gasteiger partial charge < -0.3 is 4.98 Å². The van der Waals surface area contributed by atoms with Crippen LogP contribution in [0.4, 0.5) is 0 Å². The summed E-state index contributed by atoms with van der Waals surface area (Å²) in [6.45, 7) is 0. The topological polar surface area (TPSA) is 28.7 Å². The summed E-state index contributed by atoms with van der Waals surface area (Å²) in [6.07, 6.45) is 3.61. The third kappa shape index (κ3) is 1.97. The van der Waals surface area contributed by atoms with Gasteiger partial charge in [0.2, 0.25) is 0 Å². The summed E-state index contributed by atoms with van der Waals surface area (Å²) in [5, 5.41) is 0. The normalized spacial score (nSPS) is 18.1. The third-order valence-corrected chi connectivity index (χ3v) is 4.65. The van der Waals surface area contributed by atoms with Crippen molar-refractivity contribution in [2.75, 3.05) is 0 Å². The minimum Gasteiger partial charge on any atom is -0.341 e. The molecule has 1 aliphatic carbocycles. The van der Waals surface area contributed by atoms with E-state index in [0.717, 1.165) is 21.3 Å². The van der Waals surface area contributed by atoms with Crippen LogP contribution in [0.15, 0.2) is 46.9 Å². The molecule has 1 atom stereocenters. The number of aromatic nitrogens is 2. The zero-order valence-electron chi connectivity index (χ0n) is 11.1. The van der Waals surface area contributed by atoms with Gasteiger partial charge in [-0.05, 0) is 48.6 Å². The van der Waals surface area contributed by atoms with Gasteiger partial charge in [0.15, 0.2) is 0 Å². The van der Waals surface area contributed by atoms with Gasteiger partial charge >= 0.3 is 0 Å². The van der Waals surface area contributed by atoms with Crippen LogP contribution in [0.3, 0.4) is 0 Å². The second-order valence-electron chi connectivity index (χ2n) is 5.43. The first-order valence-corrected chi connectivity index (χ1v) is 7.83. The highest BCUT2D eigenvalue weighted by molar-refractivity contribution is 9.10. The lowest BCUT2D eigenvalue weighted by molar-refractivity contribution is 0.596. The van der Waals surface area contributed by atoms with Crippen molar-refractivity contribution in [1.82, 2.24) is 9.97 Å². The molecule has 3 aromatic rings. The van der Waals surface area contributed by atoms with Gasteiger partial charge in [-0.2, -0.15) is 0 Å². The van der Waals surface area contributed by atoms with Crippen LogP contribution in [-0.4, -0.2) is 9.97 Å². The highest BCUT2D eigenvalue weighted by Crippen LogP contribution is 2.36. The van der Waals surface area contributed by atoms with Crippen LogP contribution in [0.1, 0.15) is 35.7 Å². The fourth-order valence-electron chi connectivity index (χ4n) is 3.20. The Balaban J connectivity index is 1.84. The second kappa shape index (κ2) is 4.74. The molecule has 0 saturated carbocycles. The van der Waals surface area contributed by atoms with Crippen LogP contribution in [0, 0.1) is 0 Å². The van der Waals surface area contributed by atoms with Gasteiger partial charge in [0.05, 0.1) is 11.0 Å². The van der Waals surface area contributed by atoms with E-state index in [1.54, 1.807) is 0 Å². The number of aromatic amines is 1. The molecule has 0 radical (unpaired) electrons. The lowest BCUT2D eigenvalue weighted by Crippen LogP contribution is -2.12. The number of nitrogens with zero attached hydrogens (tertiary/aromatic N) is 1. The van der Waals surface area contributed by atoms with Gasteiger partial charge in [-0.25, -0.2) is 4.98 Å². The molecule has 2 aromatic carbocycles. The fraction of sp³-hybridized carbons (Fsp3) is 0.235. The Morgan fingerprint density at radius 2 is 2.05 bits per heavy atom. The number of hydrogen-bond acceptors (Lipinski definition) is 1. The summed E-state index contributed by atoms with van der Waals surface area (Å²) in [5.41, 5.74) is 5.07.